The minimum atomic E-state index is 0.0294. The summed E-state index contributed by atoms with van der Waals surface area (Å²) in [5, 5.41) is 8.66. The van der Waals surface area contributed by atoms with Crippen LogP contribution in [0.15, 0.2) is 24.5 Å². The van der Waals surface area contributed by atoms with Crippen molar-refractivity contribution in [3.05, 3.63) is 35.0 Å². The summed E-state index contributed by atoms with van der Waals surface area (Å²) in [6, 6.07) is 6.15. The van der Waals surface area contributed by atoms with Crippen molar-refractivity contribution in [2.45, 2.75) is 32.2 Å². The first kappa shape index (κ1) is 20.0. The molecule has 1 aromatic carbocycles. The van der Waals surface area contributed by atoms with Gasteiger partial charge >= 0.3 is 0 Å². The lowest BCUT2D eigenvalue weighted by atomic mass is 9.86. The average Bonchev–Trinajstić information content (AvgIpc) is 3.42. The fraction of sp³-hybridized carbons (Fsp3) is 0.409. The quantitative estimate of drug-likeness (QED) is 0.491. The maximum atomic E-state index is 13.2. The molecule has 0 bridgehead atoms. The highest BCUT2D eigenvalue weighted by atomic mass is 32.1. The second kappa shape index (κ2) is 8.02. The third kappa shape index (κ3) is 3.42. The molecule has 1 amide bonds. The van der Waals surface area contributed by atoms with Gasteiger partial charge in [-0.15, -0.1) is 16.4 Å². The summed E-state index contributed by atoms with van der Waals surface area (Å²) in [5.41, 5.74) is 3.13. The van der Waals surface area contributed by atoms with Crippen molar-refractivity contribution < 1.29 is 9.53 Å². The van der Waals surface area contributed by atoms with Crippen molar-refractivity contribution in [2.75, 3.05) is 25.1 Å². The number of nitrogens with one attached hydrogen (secondary N) is 1. The molecule has 164 valence electrons. The zero-order valence-corrected chi connectivity index (χ0v) is 19.2. The average molecular weight is 467 g/mol. The Kier molecular flexibility index (Phi) is 5.00. The molecule has 1 aliphatic heterocycles. The highest BCUT2D eigenvalue weighted by Gasteiger charge is 2.34. The first-order valence-corrected chi connectivity index (χ1v) is 12.4. The van der Waals surface area contributed by atoms with Gasteiger partial charge in [-0.1, -0.05) is 4.49 Å². The number of hydrogen-bond acceptors (Lipinski definition) is 9. The largest absolute Gasteiger partial charge is 0.377 e. The van der Waals surface area contributed by atoms with E-state index in [1.165, 1.54) is 22.0 Å². The number of amides is 1. The zero-order chi connectivity index (χ0) is 21.7. The Labute approximate surface area is 192 Å². The van der Waals surface area contributed by atoms with Gasteiger partial charge in [0.2, 0.25) is 5.91 Å². The summed E-state index contributed by atoms with van der Waals surface area (Å²) in [6.45, 7) is 4.01. The molecule has 6 rings (SSSR count). The highest BCUT2D eigenvalue weighted by molar-refractivity contribution is 7.19. The third-order valence-corrected chi connectivity index (χ3v) is 8.20. The van der Waals surface area contributed by atoms with Crippen molar-refractivity contribution >= 4 is 60.7 Å². The Balaban J connectivity index is 1.29. The zero-order valence-electron chi connectivity index (χ0n) is 17.6. The van der Waals surface area contributed by atoms with Crippen molar-refractivity contribution in [1.82, 2.24) is 24.5 Å². The van der Waals surface area contributed by atoms with E-state index in [1.54, 1.807) is 17.7 Å². The standard InChI is InChI=1S/C22H22N6O2S2/c1-12-10-30-7-6-28(12)22(29)13-2-4-15-17(8-13)31-21-19(15)20(23-11-24-21)25-14-3-5-16-18(9-14)32-27-26-16/h3,5,9,11-13H,2,4,6-8,10H2,1H3,(H,23,24,25)/t12-,13+/m1/s1. The smallest absolute Gasteiger partial charge is 0.226 e. The molecule has 32 heavy (non-hydrogen) atoms. The Morgan fingerprint density at radius 1 is 1.31 bits per heavy atom. The van der Waals surface area contributed by atoms with Crippen LogP contribution in [0.5, 0.6) is 0 Å². The number of fused-ring (bicyclic) bond motifs is 4. The van der Waals surface area contributed by atoms with E-state index in [0.29, 0.717) is 19.8 Å². The van der Waals surface area contributed by atoms with Crippen molar-refractivity contribution in [3.63, 3.8) is 0 Å². The van der Waals surface area contributed by atoms with Gasteiger partial charge in [0, 0.05) is 23.0 Å². The number of nitrogens with zero attached hydrogens (tertiary/aromatic N) is 5. The van der Waals surface area contributed by atoms with Crippen LogP contribution in [0.2, 0.25) is 0 Å². The lowest BCUT2D eigenvalue weighted by Crippen LogP contribution is -2.50. The van der Waals surface area contributed by atoms with Gasteiger partial charge in [-0.25, -0.2) is 9.97 Å². The van der Waals surface area contributed by atoms with Gasteiger partial charge in [-0.05, 0) is 61.5 Å². The molecule has 4 heterocycles. The van der Waals surface area contributed by atoms with Gasteiger partial charge in [0.15, 0.2) is 0 Å². The third-order valence-electron chi connectivity index (χ3n) is 6.36. The second-order valence-corrected chi connectivity index (χ2v) is 10.3. The predicted molar refractivity (Wildman–Crippen MR) is 126 cm³/mol. The predicted octanol–water partition coefficient (Wildman–Crippen LogP) is 3.79. The molecule has 0 unspecified atom stereocenters. The van der Waals surface area contributed by atoms with Crippen LogP contribution in [-0.4, -0.2) is 56.2 Å². The normalized spacial score (nSPS) is 21.1. The molecule has 2 aliphatic rings. The summed E-state index contributed by atoms with van der Waals surface area (Å²) < 4.78 is 10.6. The van der Waals surface area contributed by atoms with Gasteiger partial charge < -0.3 is 15.0 Å². The van der Waals surface area contributed by atoms with Crippen LogP contribution in [-0.2, 0) is 22.4 Å². The Morgan fingerprint density at radius 3 is 3.16 bits per heavy atom. The molecule has 1 N–H and O–H groups in total. The molecule has 1 saturated heterocycles. The fourth-order valence-electron chi connectivity index (χ4n) is 4.70. The van der Waals surface area contributed by atoms with Crippen molar-refractivity contribution in [2.24, 2.45) is 5.92 Å². The maximum absolute atomic E-state index is 13.2. The van der Waals surface area contributed by atoms with E-state index in [4.69, 9.17) is 4.74 Å². The summed E-state index contributed by atoms with van der Waals surface area (Å²) in [6.07, 6.45) is 4.10. The second-order valence-electron chi connectivity index (χ2n) is 8.38. The number of ether oxygens (including phenoxy) is 1. The Morgan fingerprint density at radius 2 is 2.25 bits per heavy atom. The molecule has 3 aromatic heterocycles. The summed E-state index contributed by atoms with van der Waals surface area (Å²) >= 11 is 3.07. The molecule has 8 nitrogen and oxygen atoms in total. The number of anilines is 2. The number of carbonyl (C=O) groups excluding carboxylic acids is 1. The number of carbonyl (C=O) groups is 1. The van der Waals surface area contributed by atoms with Gasteiger partial charge in [0.25, 0.3) is 0 Å². The van der Waals surface area contributed by atoms with Crippen molar-refractivity contribution in [1.29, 1.82) is 0 Å². The molecular weight excluding hydrogens is 444 g/mol. The molecule has 0 saturated carbocycles. The first-order valence-electron chi connectivity index (χ1n) is 10.8. The van der Waals surface area contributed by atoms with Crippen LogP contribution < -0.4 is 5.32 Å². The lowest BCUT2D eigenvalue weighted by molar-refractivity contribution is -0.143. The number of morpholine rings is 1. The monoisotopic (exact) mass is 466 g/mol. The van der Waals surface area contributed by atoms with E-state index < -0.39 is 0 Å². The number of aromatic nitrogens is 4. The Hall–Kier alpha value is -2.69. The number of benzene rings is 1. The van der Waals surface area contributed by atoms with Crippen LogP contribution in [0.4, 0.5) is 11.5 Å². The number of rotatable bonds is 3. The van der Waals surface area contributed by atoms with Crippen LogP contribution >= 0.6 is 22.9 Å². The number of aryl methyl sites for hydroxylation is 1. The van der Waals surface area contributed by atoms with E-state index in [1.807, 2.05) is 23.1 Å². The minimum absolute atomic E-state index is 0.0294. The molecule has 1 aliphatic carbocycles. The molecular formula is C22H22N6O2S2. The van der Waals surface area contributed by atoms with Gasteiger partial charge in [0.1, 0.15) is 22.5 Å². The molecule has 0 radical (unpaired) electrons. The number of thiophene rings is 1. The number of hydrogen-bond donors (Lipinski definition) is 1. The molecule has 0 spiro atoms. The SMILES string of the molecule is C[C@@H]1COCCN1C(=O)[C@H]1CCc2c(sc3ncnc(Nc4ccc5nnsc5c4)c23)C1. The van der Waals surface area contributed by atoms with E-state index >= 15 is 0 Å². The van der Waals surface area contributed by atoms with Crippen LogP contribution in [0, 0.1) is 5.92 Å². The summed E-state index contributed by atoms with van der Waals surface area (Å²) in [5.74, 6) is 1.11. The summed E-state index contributed by atoms with van der Waals surface area (Å²) in [7, 11) is 0. The molecule has 10 heteroatoms. The fourth-order valence-corrected chi connectivity index (χ4v) is 6.56. The lowest BCUT2D eigenvalue weighted by Gasteiger charge is -2.36. The minimum Gasteiger partial charge on any atom is -0.377 e. The van der Waals surface area contributed by atoms with Crippen LogP contribution in [0.25, 0.3) is 20.4 Å². The van der Waals surface area contributed by atoms with Crippen molar-refractivity contribution in [3.8, 4) is 0 Å². The van der Waals surface area contributed by atoms with E-state index in [2.05, 4.69) is 31.8 Å². The van der Waals surface area contributed by atoms with Crippen LogP contribution in [0.3, 0.4) is 0 Å². The maximum Gasteiger partial charge on any atom is 0.226 e. The highest BCUT2D eigenvalue weighted by Crippen LogP contribution is 2.41. The van der Waals surface area contributed by atoms with Gasteiger partial charge in [-0.2, -0.15) is 0 Å². The van der Waals surface area contributed by atoms with E-state index in [-0.39, 0.29) is 17.9 Å². The van der Waals surface area contributed by atoms with E-state index in [9.17, 15) is 4.79 Å². The van der Waals surface area contributed by atoms with Crippen LogP contribution in [0.1, 0.15) is 23.8 Å². The molecule has 1 fully saturated rings. The molecule has 2 atom stereocenters. The topological polar surface area (TPSA) is 93.1 Å². The van der Waals surface area contributed by atoms with Gasteiger partial charge in [0.05, 0.1) is 29.3 Å². The first-order chi connectivity index (χ1) is 15.7. The van der Waals surface area contributed by atoms with Gasteiger partial charge in [-0.3, -0.25) is 4.79 Å². The summed E-state index contributed by atoms with van der Waals surface area (Å²) in [4.78, 5) is 26.5. The van der Waals surface area contributed by atoms with E-state index in [0.717, 1.165) is 51.2 Å². The molecule has 4 aromatic rings. The Bertz CT molecular complexity index is 1320.